The summed E-state index contributed by atoms with van der Waals surface area (Å²) in [7, 11) is 0. The molecule has 1 N–H and O–H groups in total. The molecule has 0 bridgehead atoms. The standard InChI is InChI=1S/C15H30O/c1-12(2)8-6-9-13(3)14(4)10-7-11-15(5)16/h8,13-16H,6-7,9-11H2,1-5H3. The van der Waals surface area contributed by atoms with Crippen molar-refractivity contribution in [2.24, 2.45) is 11.8 Å². The van der Waals surface area contributed by atoms with E-state index in [0.29, 0.717) is 0 Å². The minimum atomic E-state index is -0.131. The highest BCUT2D eigenvalue weighted by Crippen LogP contribution is 2.22. The number of hydrogen-bond acceptors (Lipinski definition) is 1. The number of rotatable bonds is 8. The highest BCUT2D eigenvalue weighted by Gasteiger charge is 2.11. The fourth-order valence-electron chi connectivity index (χ4n) is 1.94. The summed E-state index contributed by atoms with van der Waals surface area (Å²) in [5.74, 6) is 1.58. The molecule has 0 aromatic heterocycles. The lowest BCUT2D eigenvalue weighted by molar-refractivity contribution is 0.175. The van der Waals surface area contributed by atoms with E-state index < -0.39 is 0 Å². The third-order valence-electron chi connectivity index (χ3n) is 3.43. The molecule has 0 radical (unpaired) electrons. The Morgan fingerprint density at radius 1 is 1.00 bits per heavy atom. The Morgan fingerprint density at radius 3 is 2.06 bits per heavy atom. The Bertz CT molecular complexity index is 190. The topological polar surface area (TPSA) is 20.2 Å². The first-order valence-electron chi connectivity index (χ1n) is 6.75. The zero-order valence-electron chi connectivity index (χ0n) is 11.8. The van der Waals surface area contributed by atoms with Crippen LogP contribution in [0.25, 0.3) is 0 Å². The summed E-state index contributed by atoms with van der Waals surface area (Å²) in [5.41, 5.74) is 1.42. The van der Waals surface area contributed by atoms with E-state index in [9.17, 15) is 5.11 Å². The van der Waals surface area contributed by atoms with Crippen molar-refractivity contribution < 1.29 is 5.11 Å². The fourth-order valence-corrected chi connectivity index (χ4v) is 1.94. The number of aliphatic hydroxyl groups is 1. The Kier molecular flexibility index (Phi) is 8.64. The largest absolute Gasteiger partial charge is 0.393 e. The van der Waals surface area contributed by atoms with Crippen molar-refractivity contribution in [1.29, 1.82) is 0 Å². The van der Waals surface area contributed by atoms with Crippen LogP contribution in [0.4, 0.5) is 0 Å². The van der Waals surface area contributed by atoms with Gasteiger partial charge in [0.15, 0.2) is 0 Å². The second kappa shape index (κ2) is 8.81. The van der Waals surface area contributed by atoms with Gasteiger partial charge < -0.3 is 5.11 Å². The van der Waals surface area contributed by atoms with Gasteiger partial charge in [0.05, 0.1) is 6.10 Å². The summed E-state index contributed by atoms with van der Waals surface area (Å²) < 4.78 is 0. The number of allylic oxidation sites excluding steroid dienone is 2. The summed E-state index contributed by atoms with van der Waals surface area (Å²) >= 11 is 0. The Balaban J connectivity index is 3.64. The average molecular weight is 226 g/mol. The average Bonchev–Trinajstić information content (AvgIpc) is 2.16. The fraction of sp³-hybridized carbons (Fsp3) is 0.867. The maximum absolute atomic E-state index is 9.20. The van der Waals surface area contributed by atoms with E-state index in [1.165, 1.54) is 24.8 Å². The Hall–Kier alpha value is -0.300. The molecule has 0 aliphatic heterocycles. The van der Waals surface area contributed by atoms with Gasteiger partial charge in [-0.1, -0.05) is 38.3 Å². The van der Waals surface area contributed by atoms with Crippen LogP contribution in [0.1, 0.15) is 66.7 Å². The maximum atomic E-state index is 9.20. The monoisotopic (exact) mass is 226 g/mol. The third-order valence-corrected chi connectivity index (χ3v) is 3.43. The molecule has 0 heterocycles. The molecule has 3 atom stereocenters. The molecular formula is C15H30O. The quantitative estimate of drug-likeness (QED) is 0.602. The molecular weight excluding hydrogens is 196 g/mol. The van der Waals surface area contributed by atoms with Crippen molar-refractivity contribution in [3.63, 3.8) is 0 Å². The first kappa shape index (κ1) is 15.7. The van der Waals surface area contributed by atoms with Gasteiger partial charge in [0.25, 0.3) is 0 Å². The van der Waals surface area contributed by atoms with Gasteiger partial charge in [-0.05, 0) is 51.9 Å². The van der Waals surface area contributed by atoms with Gasteiger partial charge in [0.1, 0.15) is 0 Å². The van der Waals surface area contributed by atoms with Gasteiger partial charge in [0.2, 0.25) is 0 Å². The van der Waals surface area contributed by atoms with Crippen molar-refractivity contribution in [2.75, 3.05) is 0 Å². The highest BCUT2D eigenvalue weighted by atomic mass is 16.3. The van der Waals surface area contributed by atoms with E-state index in [-0.39, 0.29) is 6.10 Å². The van der Waals surface area contributed by atoms with E-state index in [1.54, 1.807) is 0 Å². The van der Waals surface area contributed by atoms with Crippen LogP contribution in [-0.4, -0.2) is 11.2 Å². The van der Waals surface area contributed by atoms with Crippen LogP contribution in [-0.2, 0) is 0 Å². The van der Waals surface area contributed by atoms with Gasteiger partial charge in [0, 0.05) is 0 Å². The van der Waals surface area contributed by atoms with E-state index in [4.69, 9.17) is 0 Å². The van der Waals surface area contributed by atoms with Crippen LogP contribution in [0.15, 0.2) is 11.6 Å². The molecule has 1 heteroatoms. The molecule has 0 saturated carbocycles. The van der Waals surface area contributed by atoms with Crippen LogP contribution < -0.4 is 0 Å². The molecule has 0 aromatic rings. The SMILES string of the molecule is CC(C)=CCCC(C)C(C)CCCC(C)O. The second-order valence-corrected chi connectivity index (χ2v) is 5.59. The predicted octanol–water partition coefficient (Wildman–Crippen LogP) is 4.56. The van der Waals surface area contributed by atoms with Crippen molar-refractivity contribution in [3.05, 3.63) is 11.6 Å². The van der Waals surface area contributed by atoms with Gasteiger partial charge in [-0.15, -0.1) is 0 Å². The first-order valence-corrected chi connectivity index (χ1v) is 6.75. The second-order valence-electron chi connectivity index (χ2n) is 5.59. The normalized spacial score (nSPS) is 16.6. The van der Waals surface area contributed by atoms with Crippen molar-refractivity contribution in [2.45, 2.75) is 72.8 Å². The smallest absolute Gasteiger partial charge is 0.0512 e. The highest BCUT2D eigenvalue weighted by molar-refractivity contribution is 4.92. The summed E-state index contributed by atoms with van der Waals surface area (Å²) in [6.45, 7) is 10.9. The lowest BCUT2D eigenvalue weighted by atomic mass is 9.87. The van der Waals surface area contributed by atoms with Crippen LogP contribution in [0.2, 0.25) is 0 Å². The Labute approximate surface area is 102 Å². The molecule has 16 heavy (non-hydrogen) atoms. The van der Waals surface area contributed by atoms with Crippen LogP contribution in [0.5, 0.6) is 0 Å². The minimum Gasteiger partial charge on any atom is -0.393 e. The molecule has 0 saturated heterocycles. The van der Waals surface area contributed by atoms with Crippen LogP contribution in [0.3, 0.4) is 0 Å². The molecule has 0 aliphatic carbocycles. The lowest BCUT2D eigenvalue weighted by Crippen LogP contribution is -2.09. The molecule has 0 rings (SSSR count). The van der Waals surface area contributed by atoms with Crippen molar-refractivity contribution in [1.82, 2.24) is 0 Å². The van der Waals surface area contributed by atoms with Crippen LogP contribution >= 0.6 is 0 Å². The lowest BCUT2D eigenvalue weighted by Gasteiger charge is -2.19. The minimum absolute atomic E-state index is 0.131. The van der Waals surface area contributed by atoms with E-state index in [2.05, 4.69) is 33.8 Å². The number of hydrogen-bond donors (Lipinski definition) is 1. The maximum Gasteiger partial charge on any atom is 0.0512 e. The van der Waals surface area contributed by atoms with E-state index in [1.807, 2.05) is 6.92 Å². The zero-order chi connectivity index (χ0) is 12.6. The zero-order valence-corrected chi connectivity index (χ0v) is 11.8. The molecule has 1 nitrogen and oxygen atoms in total. The van der Waals surface area contributed by atoms with Gasteiger partial charge >= 0.3 is 0 Å². The first-order chi connectivity index (χ1) is 7.43. The number of aliphatic hydroxyl groups excluding tert-OH is 1. The third kappa shape index (κ3) is 8.96. The molecule has 0 amide bonds. The van der Waals surface area contributed by atoms with Crippen LogP contribution in [0, 0.1) is 11.8 Å². The summed E-state index contributed by atoms with van der Waals surface area (Å²) in [5, 5.41) is 9.20. The van der Waals surface area contributed by atoms with E-state index in [0.717, 1.165) is 24.7 Å². The Morgan fingerprint density at radius 2 is 1.56 bits per heavy atom. The van der Waals surface area contributed by atoms with Crippen molar-refractivity contribution in [3.8, 4) is 0 Å². The molecule has 0 aliphatic rings. The molecule has 0 aromatic carbocycles. The summed E-state index contributed by atoms with van der Waals surface area (Å²) in [6.07, 6.45) is 8.07. The van der Waals surface area contributed by atoms with Crippen molar-refractivity contribution >= 4 is 0 Å². The molecule has 3 unspecified atom stereocenters. The molecule has 0 spiro atoms. The molecule has 0 fully saturated rings. The summed E-state index contributed by atoms with van der Waals surface area (Å²) in [6, 6.07) is 0. The predicted molar refractivity (Wildman–Crippen MR) is 72.5 cm³/mol. The molecule has 96 valence electrons. The van der Waals surface area contributed by atoms with Gasteiger partial charge in [-0.25, -0.2) is 0 Å². The summed E-state index contributed by atoms with van der Waals surface area (Å²) in [4.78, 5) is 0. The van der Waals surface area contributed by atoms with Gasteiger partial charge in [-0.2, -0.15) is 0 Å². The van der Waals surface area contributed by atoms with E-state index >= 15 is 0 Å². The van der Waals surface area contributed by atoms with Gasteiger partial charge in [-0.3, -0.25) is 0 Å².